The molecule has 1 amide bonds. The second kappa shape index (κ2) is 9.00. The van der Waals surface area contributed by atoms with Crippen LogP contribution in [0.1, 0.15) is 38.7 Å². The average molecular weight is 292 g/mol. The zero-order chi connectivity index (χ0) is 15.7. The van der Waals surface area contributed by atoms with Gasteiger partial charge < -0.3 is 15.8 Å². The molecule has 0 aliphatic rings. The van der Waals surface area contributed by atoms with E-state index in [9.17, 15) is 9.59 Å². The Kier molecular flexibility index (Phi) is 7.29. The molecule has 0 bridgehead atoms. The predicted molar refractivity (Wildman–Crippen MR) is 82.6 cm³/mol. The van der Waals surface area contributed by atoms with Gasteiger partial charge in [0, 0.05) is 18.7 Å². The smallest absolute Gasteiger partial charge is 0.306 e. The number of esters is 1. The minimum absolute atomic E-state index is 0.232. The van der Waals surface area contributed by atoms with E-state index >= 15 is 0 Å². The first-order chi connectivity index (χ1) is 10.0. The molecule has 1 rings (SSSR count). The van der Waals surface area contributed by atoms with Crippen LogP contribution in [0.2, 0.25) is 0 Å². The standard InChI is InChI=1S/C16H24N2O3/c1-3-4-10-18-16(20)12(2)21-15(19)9-8-13-6-5-7-14(17)11-13/h5-7,11-12H,3-4,8-10,17H2,1-2H3,(H,18,20). The third-order valence-electron chi connectivity index (χ3n) is 3.08. The molecule has 0 aliphatic carbocycles. The van der Waals surface area contributed by atoms with Crippen molar-refractivity contribution in [1.29, 1.82) is 0 Å². The molecule has 5 nitrogen and oxygen atoms in total. The molecule has 0 fully saturated rings. The number of rotatable bonds is 8. The van der Waals surface area contributed by atoms with Crippen molar-refractivity contribution in [2.45, 2.75) is 45.6 Å². The molecule has 0 saturated carbocycles. The second-order valence-corrected chi connectivity index (χ2v) is 5.02. The third kappa shape index (κ3) is 6.79. The van der Waals surface area contributed by atoms with E-state index in [0.29, 0.717) is 18.7 Å². The molecule has 0 radical (unpaired) electrons. The monoisotopic (exact) mass is 292 g/mol. The fraction of sp³-hybridized carbons (Fsp3) is 0.500. The van der Waals surface area contributed by atoms with Crippen LogP contribution < -0.4 is 11.1 Å². The summed E-state index contributed by atoms with van der Waals surface area (Å²) in [6.45, 7) is 4.24. The van der Waals surface area contributed by atoms with Gasteiger partial charge in [0.1, 0.15) is 0 Å². The number of nitrogens with one attached hydrogen (secondary N) is 1. The number of nitrogens with two attached hydrogens (primary N) is 1. The molecule has 1 aromatic rings. The van der Waals surface area contributed by atoms with E-state index in [1.807, 2.05) is 25.1 Å². The number of nitrogen functional groups attached to an aromatic ring is 1. The van der Waals surface area contributed by atoms with E-state index < -0.39 is 6.10 Å². The molecule has 21 heavy (non-hydrogen) atoms. The first-order valence-electron chi connectivity index (χ1n) is 7.34. The maximum Gasteiger partial charge on any atom is 0.306 e. The van der Waals surface area contributed by atoms with Gasteiger partial charge in [0.05, 0.1) is 0 Å². The highest BCUT2D eigenvalue weighted by molar-refractivity contribution is 5.83. The second-order valence-electron chi connectivity index (χ2n) is 5.02. The quantitative estimate of drug-likeness (QED) is 0.436. The summed E-state index contributed by atoms with van der Waals surface area (Å²) in [6, 6.07) is 7.38. The Morgan fingerprint density at radius 1 is 1.38 bits per heavy atom. The van der Waals surface area contributed by atoms with E-state index in [1.54, 1.807) is 13.0 Å². The van der Waals surface area contributed by atoms with Gasteiger partial charge >= 0.3 is 5.97 Å². The Bertz CT molecular complexity index is 474. The zero-order valence-electron chi connectivity index (χ0n) is 12.7. The van der Waals surface area contributed by atoms with Crippen LogP contribution >= 0.6 is 0 Å². The first-order valence-corrected chi connectivity index (χ1v) is 7.34. The summed E-state index contributed by atoms with van der Waals surface area (Å²) in [5, 5.41) is 2.74. The Labute approximate surface area is 125 Å². The zero-order valence-corrected chi connectivity index (χ0v) is 12.7. The van der Waals surface area contributed by atoms with E-state index in [4.69, 9.17) is 10.5 Å². The van der Waals surface area contributed by atoms with E-state index in [1.165, 1.54) is 0 Å². The minimum Gasteiger partial charge on any atom is -0.453 e. The molecule has 0 aliphatic heterocycles. The lowest BCUT2D eigenvalue weighted by Gasteiger charge is -2.13. The number of carbonyl (C=O) groups excluding carboxylic acids is 2. The number of unbranched alkanes of at least 4 members (excludes halogenated alkanes) is 1. The highest BCUT2D eigenvalue weighted by Crippen LogP contribution is 2.09. The molecular weight excluding hydrogens is 268 g/mol. The molecule has 5 heteroatoms. The van der Waals surface area contributed by atoms with Crippen LogP contribution in [-0.4, -0.2) is 24.5 Å². The molecule has 3 N–H and O–H groups in total. The molecule has 1 unspecified atom stereocenters. The fourth-order valence-electron chi connectivity index (χ4n) is 1.84. The van der Waals surface area contributed by atoms with Crippen LogP contribution in [0.4, 0.5) is 5.69 Å². The van der Waals surface area contributed by atoms with Crippen LogP contribution in [0, 0.1) is 0 Å². The van der Waals surface area contributed by atoms with Gasteiger partial charge in [0.2, 0.25) is 0 Å². The molecule has 116 valence electrons. The topological polar surface area (TPSA) is 81.4 Å². The minimum atomic E-state index is -0.754. The summed E-state index contributed by atoms with van der Waals surface area (Å²) < 4.78 is 5.11. The lowest BCUT2D eigenvalue weighted by Crippen LogP contribution is -2.36. The number of benzene rings is 1. The Balaban J connectivity index is 2.31. The number of hydrogen-bond acceptors (Lipinski definition) is 4. The van der Waals surface area contributed by atoms with Crippen molar-refractivity contribution >= 4 is 17.6 Å². The number of ether oxygens (including phenoxy) is 1. The molecule has 0 spiro atoms. The maximum absolute atomic E-state index is 11.7. The van der Waals surface area contributed by atoms with Crippen LogP contribution in [0.25, 0.3) is 0 Å². The molecule has 1 aromatic carbocycles. The lowest BCUT2D eigenvalue weighted by molar-refractivity contribution is -0.154. The van der Waals surface area contributed by atoms with Crippen LogP contribution in [0.3, 0.4) is 0 Å². The van der Waals surface area contributed by atoms with E-state index in [-0.39, 0.29) is 18.3 Å². The summed E-state index contributed by atoms with van der Waals surface area (Å²) in [4.78, 5) is 23.4. The highest BCUT2D eigenvalue weighted by Gasteiger charge is 2.16. The average Bonchev–Trinajstić information content (AvgIpc) is 2.45. The Hall–Kier alpha value is -2.04. The molecular formula is C16H24N2O3. The molecule has 0 saturated heterocycles. The number of amides is 1. The largest absolute Gasteiger partial charge is 0.453 e. The van der Waals surface area contributed by atoms with Crippen molar-refractivity contribution in [3.05, 3.63) is 29.8 Å². The summed E-state index contributed by atoms with van der Waals surface area (Å²) in [5.74, 6) is -0.628. The fourth-order valence-corrected chi connectivity index (χ4v) is 1.84. The Morgan fingerprint density at radius 3 is 2.81 bits per heavy atom. The maximum atomic E-state index is 11.7. The van der Waals surface area contributed by atoms with Gasteiger partial charge in [-0.05, 0) is 37.5 Å². The van der Waals surface area contributed by atoms with Gasteiger partial charge in [-0.2, -0.15) is 0 Å². The van der Waals surface area contributed by atoms with Gasteiger partial charge in [-0.15, -0.1) is 0 Å². The number of anilines is 1. The predicted octanol–water partition coefficient (Wildman–Crippen LogP) is 2.05. The highest BCUT2D eigenvalue weighted by atomic mass is 16.5. The molecule has 1 atom stereocenters. The lowest BCUT2D eigenvalue weighted by atomic mass is 10.1. The van der Waals surface area contributed by atoms with Gasteiger partial charge in [-0.3, -0.25) is 9.59 Å². The molecule has 0 aromatic heterocycles. The van der Waals surface area contributed by atoms with Crippen LogP contribution in [0.15, 0.2) is 24.3 Å². The first kappa shape index (κ1) is 17.0. The normalized spacial score (nSPS) is 11.7. The van der Waals surface area contributed by atoms with Crippen molar-refractivity contribution in [1.82, 2.24) is 5.32 Å². The van der Waals surface area contributed by atoms with Gasteiger partial charge in [-0.1, -0.05) is 25.5 Å². The number of hydrogen-bond donors (Lipinski definition) is 2. The van der Waals surface area contributed by atoms with Gasteiger partial charge in [0.15, 0.2) is 6.10 Å². The van der Waals surface area contributed by atoms with Gasteiger partial charge in [0.25, 0.3) is 5.91 Å². The van der Waals surface area contributed by atoms with Crippen molar-refractivity contribution < 1.29 is 14.3 Å². The van der Waals surface area contributed by atoms with Crippen molar-refractivity contribution in [2.75, 3.05) is 12.3 Å². The summed E-state index contributed by atoms with van der Waals surface area (Å²) in [5.41, 5.74) is 7.32. The number of aryl methyl sites for hydroxylation is 1. The van der Waals surface area contributed by atoms with Crippen LogP contribution in [0.5, 0.6) is 0 Å². The summed E-state index contributed by atoms with van der Waals surface area (Å²) in [7, 11) is 0. The summed E-state index contributed by atoms with van der Waals surface area (Å²) in [6.07, 6.45) is 1.95. The summed E-state index contributed by atoms with van der Waals surface area (Å²) >= 11 is 0. The molecule has 0 heterocycles. The number of carbonyl (C=O) groups is 2. The Morgan fingerprint density at radius 2 is 2.14 bits per heavy atom. The van der Waals surface area contributed by atoms with Crippen molar-refractivity contribution in [2.24, 2.45) is 0 Å². The van der Waals surface area contributed by atoms with E-state index in [2.05, 4.69) is 5.32 Å². The van der Waals surface area contributed by atoms with Crippen LogP contribution in [-0.2, 0) is 20.7 Å². The van der Waals surface area contributed by atoms with E-state index in [0.717, 1.165) is 18.4 Å². The van der Waals surface area contributed by atoms with Crippen molar-refractivity contribution in [3.8, 4) is 0 Å². The van der Waals surface area contributed by atoms with Gasteiger partial charge in [-0.25, -0.2) is 0 Å². The van der Waals surface area contributed by atoms with Crippen molar-refractivity contribution in [3.63, 3.8) is 0 Å². The SMILES string of the molecule is CCCCNC(=O)C(C)OC(=O)CCc1cccc(N)c1. The third-order valence-corrected chi connectivity index (χ3v) is 3.08.